The van der Waals surface area contributed by atoms with Gasteiger partial charge in [-0.1, -0.05) is 18.2 Å². The van der Waals surface area contributed by atoms with Gasteiger partial charge in [0.2, 0.25) is 0 Å². The maximum Gasteiger partial charge on any atom is 0.188 e. The van der Waals surface area contributed by atoms with Crippen molar-refractivity contribution in [2.24, 2.45) is 10.7 Å². The normalized spacial score (nSPS) is 12.7. The van der Waals surface area contributed by atoms with Gasteiger partial charge in [-0.15, -0.1) is 0 Å². The predicted molar refractivity (Wildman–Crippen MR) is 108 cm³/mol. The fourth-order valence-electron chi connectivity index (χ4n) is 3.05. The molecule has 0 aliphatic rings. The Labute approximate surface area is 164 Å². The molecule has 0 spiro atoms. The minimum absolute atomic E-state index is 0.0579. The molecule has 28 heavy (non-hydrogen) atoms. The summed E-state index contributed by atoms with van der Waals surface area (Å²) in [4.78, 5) is 15.9. The summed E-state index contributed by atoms with van der Waals surface area (Å²) in [6.45, 7) is 1.30. The molecule has 0 amide bonds. The van der Waals surface area contributed by atoms with E-state index in [1.54, 1.807) is 12.5 Å². The predicted octanol–water partition coefficient (Wildman–Crippen LogP) is 3.00. The Balaban J connectivity index is 1.51. The van der Waals surface area contributed by atoms with Crippen molar-refractivity contribution in [3.8, 4) is 0 Å². The van der Waals surface area contributed by atoms with Crippen molar-refractivity contribution in [3.05, 3.63) is 84.0 Å². The van der Waals surface area contributed by atoms with Crippen LogP contribution in [-0.4, -0.2) is 34.0 Å². The third-order valence-corrected chi connectivity index (χ3v) is 4.50. The molecule has 0 saturated carbocycles. The molecular weight excluding hydrogens is 355 g/mol. The van der Waals surface area contributed by atoms with Gasteiger partial charge in [-0.25, -0.2) is 9.37 Å². The Bertz CT molecular complexity index is 846. The van der Waals surface area contributed by atoms with Crippen LogP contribution in [0.1, 0.15) is 35.7 Å². The Kier molecular flexibility index (Phi) is 7.12. The lowest BCUT2D eigenvalue weighted by molar-refractivity contribution is 0.623. The van der Waals surface area contributed by atoms with Crippen molar-refractivity contribution < 1.29 is 4.39 Å². The lowest BCUT2D eigenvalue weighted by Gasteiger charge is -2.17. The van der Waals surface area contributed by atoms with Gasteiger partial charge >= 0.3 is 0 Å². The first-order valence-electron chi connectivity index (χ1n) is 9.40. The largest absolute Gasteiger partial charge is 0.370 e. The molecule has 0 bridgehead atoms. The van der Waals surface area contributed by atoms with E-state index >= 15 is 0 Å². The van der Waals surface area contributed by atoms with E-state index < -0.39 is 0 Å². The van der Waals surface area contributed by atoms with Crippen molar-refractivity contribution in [2.45, 2.75) is 25.2 Å². The molecule has 0 fully saturated rings. The van der Waals surface area contributed by atoms with Crippen LogP contribution in [0.2, 0.25) is 0 Å². The zero-order valence-electron chi connectivity index (χ0n) is 15.7. The Morgan fingerprint density at radius 1 is 1.21 bits per heavy atom. The molecule has 2 aromatic heterocycles. The number of guanidine groups is 1. The van der Waals surface area contributed by atoms with E-state index in [1.165, 1.54) is 12.1 Å². The number of pyridine rings is 1. The van der Waals surface area contributed by atoms with Crippen molar-refractivity contribution in [2.75, 3.05) is 13.1 Å². The Morgan fingerprint density at radius 2 is 2.07 bits per heavy atom. The quantitative estimate of drug-likeness (QED) is 0.302. The van der Waals surface area contributed by atoms with Gasteiger partial charge in [-0.2, -0.15) is 0 Å². The number of H-pyrrole nitrogens is 1. The first kappa shape index (κ1) is 19.5. The van der Waals surface area contributed by atoms with Gasteiger partial charge in [0, 0.05) is 42.8 Å². The van der Waals surface area contributed by atoms with Crippen LogP contribution in [0, 0.1) is 5.82 Å². The molecule has 4 N–H and O–H groups in total. The van der Waals surface area contributed by atoms with Crippen LogP contribution in [0.25, 0.3) is 0 Å². The van der Waals surface area contributed by atoms with Gasteiger partial charge in [-0.3, -0.25) is 9.98 Å². The van der Waals surface area contributed by atoms with Crippen LogP contribution in [0.3, 0.4) is 0 Å². The number of hydrogen-bond acceptors (Lipinski definition) is 3. The average molecular weight is 380 g/mol. The number of aliphatic imine (C=N–C) groups is 1. The molecule has 0 radical (unpaired) electrons. The second kappa shape index (κ2) is 10.2. The summed E-state index contributed by atoms with van der Waals surface area (Å²) in [6.07, 6.45) is 7.83. The van der Waals surface area contributed by atoms with E-state index in [9.17, 15) is 4.39 Å². The Morgan fingerprint density at radius 3 is 2.79 bits per heavy atom. The number of aromatic nitrogens is 3. The molecular formula is C21H25FN6. The molecule has 6 nitrogen and oxygen atoms in total. The summed E-state index contributed by atoms with van der Waals surface area (Å²) in [5.74, 6) is 0.249. The van der Waals surface area contributed by atoms with Gasteiger partial charge in [0.15, 0.2) is 5.96 Å². The molecule has 7 heteroatoms. The lowest BCUT2D eigenvalue weighted by atomic mass is 9.92. The number of aromatic amines is 1. The number of nitrogens with two attached hydrogens (primary N) is 1. The second-order valence-corrected chi connectivity index (χ2v) is 6.52. The highest BCUT2D eigenvalue weighted by Crippen LogP contribution is 2.26. The second-order valence-electron chi connectivity index (χ2n) is 6.52. The number of benzene rings is 1. The molecule has 0 aliphatic heterocycles. The summed E-state index contributed by atoms with van der Waals surface area (Å²) in [6, 6.07) is 12.4. The fourth-order valence-corrected chi connectivity index (χ4v) is 3.05. The van der Waals surface area contributed by atoms with Crippen molar-refractivity contribution in [3.63, 3.8) is 0 Å². The van der Waals surface area contributed by atoms with Crippen LogP contribution in [-0.2, 0) is 6.42 Å². The molecule has 1 unspecified atom stereocenters. The minimum atomic E-state index is -0.242. The number of aryl methyl sites for hydroxylation is 1. The average Bonchev–Trinajstić information content (AvgIpc) is 3.24. The summed E-state index contributed by atoms with van der Waals surface area (Å²) in [5.41, 5.74) is 9.04. The fraction of sp³-hybridized carbons (Fsp3) is 0.286. The van der Waals surface area contributed by atoms with E-state index in [-0.39, 0.29) is 11.7 Å². The molecule has 3 rings (SSSR count). The molecule has 3 aromatic rings. The van der Waals surface area contributed by atoms with Gasteiger partial charge in [0.25, 0.3) is 0 Å². The van der Waals surface area contributed by atoms with E-state index in [1.807, 2.05) is 36.5 Å². The molecule has 0 saturated heterocycles. The number of rotatable bonds is 9. The maximum atomic E-state index is 13.3. The van der Waals surface area contributed by atoms with Crippen LogP contribution >= 0.6 is 0 Å². The summed E-state index contributed by atoms with van der Waals surface area (Å²) in [5, 5.41) is 3.16. The monoisotopic (exact) mass is 380 g/mol. The smallest absolute Gasteiger partial charge is 0.188 e. The standard InChI is InChI=1S/C21H25FN6/c22-17-8-6-16(7-9-17)19(20-5-1-2-11-25-20)10-13-27-21(23)26-12-3-4-18-14-24-15-28-18/h1-2,5-9,11,14-15,19H,3-4,10,12-13H2,(H,24,28)(H3,23,26,27). The number of hydrogen-bond donors (Lipinski definition) is 3. The highest BCUT2D eigenvalue weighted by atomic mass is 19.1. The summed E-state index contributed by atoms with van der Waals surface area (Å²) in [7, 11) is 0. The number of nitrogens with zero attached hydrogens (tertiary/aromatic N) is 3. The van der Waals surface area contributed by atoms with Gasteiger partial charge in [-0.05, 0) is 49.1 Å². The van der Waals surface area contributed by atoms with E-state index in [4.69, 9.17) is 5.73 Å². The zero-order valence-corrected chi connectivity index (χ0v) is 15.7. The van der Waals surface area contributed by atoms with Gasteiger partial charge in [0.05, 0.1) is 6.33 Å². The van der Waals surface area contributed by atoms with Crippen LogP contribution in [0.4, 0.5) is 4.39 Å². The highest BCUT2D eigenvalue weighted by Gasteiger charge is 2.15. The number of imidazole rings is 1. The topological polar surface area (TPSA) is 92.0 Å². The van der Waals surface area contributed by atoms with E-state index in [0.29, 0.717) is 19.0 Å². The molecule has 1 aromatic carbocycles. The minimum Gasteiger partial charge on any atom is -0.370 e. The first-order chi connectivity index (χ1) is 13.7. The van der Waals surface area contributed by atoms with Crippen LogP contribution in [0.15, 0.2) is 66.2 Å². The van der Waals surface area contributed by atoms with Crippen molar-refractivity contribution in [1.29, 1.82) is 0 Å². The first-order valence-corrected chi connectivity index (χ1v) is 9.40. The zero-order chi connectivity index (χ0) is 19.6. The van der Waals surface area contributed by atoms with Crippen LogP contribution < -0.4 is 11.1 Å². The molecule has 146 valence electrons. The molecule has 0 aliphatic carbocycles. The summed E-state index contributed by atoms with van der Waals surface area (Å²) < 4.78 is 13.3. The van der Waals surface area contributed by atoms with Gasteiger partial charge in [0.1, 0.15) is 5.82 Å². The van der Waals surface area contributed by atoms with Crippen molar-refractivity contribution in [1.82, 2.24) is 20.3 Å². The highest BCUT2D eigenvalue weighted by molar-refractivity contribution is 5.77. The third kappa shape index (κ3) is 5.90. The number of halogens is 1. The Hall–Kier alpha value is -3.22. The maximum absolute atomic E-state index is 13.3. The van der Waals surface area contributed by atoms with Gasteiger partial charge < -0.3 is 16.0 Å². The third-order valence-electron chi connectivity index (χ3n) is 4.50. The van der Waals surface area contributed by atoms with E-state index in [0.717, 1.165) is 36.2 Å². The summed E-state index contributed by atoms with van der Waals surface area (Å²) >= 11 is 0. The SMILES string of the molecule is NC(=NCCCc1cnc[nH]1)NCCC(c1ccc(F)cc1)c1ccccn1. The molecule has 1 atom stereocenters. The number of nitrogens with one attached hydrogen (secondary N) is 2. The van der Waals surface area contributed by atoms with Crippen molar-refractivity contribution >= 4 is 5.96 Å². The lowest BCUT2D eigenvalue weighted by Crippen LogP contribution is -2.33. The van der Waals surface area contributed by atoms with Crippen LogP contribution in [0.5, 0.6) is 0 Å². The molecule has 2 heterocycles. The van der Waals surface area contributed by atoms with E-state index in [2.05, 4.69) is 25.3 Å².